The minimum Gasteiger partial charge on any atom is -0.388 e. The molecule has 1 saturated heterocycles. The van der Waals surface area contributed by atoms with E-state index in [2.05, 4.69) is 21.2 Å². The molecule has 2 amide bonds. The Hall–Kier alpha value is -1.21. The predicted octanol–water partition coefficient (Wildman–Crippen LogP) is 3.11. The number of benzene rings is 1. The summed E-state index contributed by atoms with van der Waals surface area (Å²) in [6, 6.07) is 1.26. The zero-order valence-corrected chi connectivity index (χ0v) is 12.5. The van der Waals surface area contributed by atoms with E-state index in [-0.39, 0.29) is 16.7 Å². The molecule has 0 aromatic heterocycles. The summed E-state index contributed by atoms with van der Waals surface area (Å²) >= 11 is 3.01. The summed E-state index contributed by atoms with van der Waals surface area (Å²) in [5.74, 6) is -1.58. The Balaban J connectivity index is 2.12. The van der Waals surface area contributed by atoms with Gasteiger partial charge in [0.15, 0.2) is 5.82 Å². The van der Waals surface area contributed by atoms with Crippen LogP contribution in [-0.2, 0) is 0 Å². The summed E-state index contributed by atoms with van der Waals surface area (Å²) in [5, 5.41) is 12.4. The van der Waals surface area contributed by atoms with E-state index >= 15 is 0 Å². The van der Waals surface area contributed by atoms with Crippen molar-refractivity contribution < 1.29 is 18.7 Å². The number of amides is 2. The Morgan fingerprint density at radius 2 is 2.20 bits per heavy atom. The number of urea groups is 1. The fourth-order valence-corrected chi connectivity index (χ4v) is 2.75. The van der Waals surface area contributed by atoms with E-state index in [1.807, 2.05) is 0 Å². The Kier molecular flexibility index (Phi) is 4.29. The molecule has 2 rings (SSSR count). The molecule has 0 radical (unpaired) electrons. The van der Waals surface area contributed by atoms with Gasteiger partial charge in [0.05, 0.1) is 17.8 Å². The van der Waals surface area contributed by atoms with Gasteiger partial charge in [0.1, 0.15) is 5.82 Å². The van der Waals surface area contributed by atoms with Crippen LogP contribution in [0.15, 0.2) is 16.6 Å². The number of hydrogen-bond donors (Lipinski definition) is 2. The quantitative estimate of drug-likeness (QED) is 0.819. The number of nitrogens with one attached hydrogen (secondary N) is 1. The first-order chi connectivity index (χ1) is 9.28. The number of carbonyl (C=O) groups is 1. The molecule has 1 heterocycles. The third-order valence-corrected chi connectivity index (χ3v) is 3.83. The van der Waals surface area contributed by atoms with Gasteiger partial charge in [-0.3, -0.25) is 0 Å². The van der Waals surface area contributed by atoms with E-state index in [0.717, 1.165) is 6.07 Å². The van der Waals surface area contributed by atoms with Crippen molar-refractivity contribution in [1.29, 1.82) is 0 Å². The minimum atomic E-state index is -0.936. The molecule has 1 aromatic rings. The minimum absolute atomic E-state index is 0.110. The van der Waals surface area contributed by atoms with Crippen LogP contribution in [0.25, 0.3) is 0 Å². The van der Waals surface area contributed by atoms with Crippen LogP contribution in [0.1, 0.15) is 19.8 Å². The van der Waals surface area contributed by atoms with Gasteiger partial charge < -0.3 is 15.3 Å². The maximum atomic E-state index is 13.6. The highest BCUT2D eigenvalue weighted by Crippen LogP contribution is 2.28. The summed E-state index contributed by atoms with van der Waals surface area (Å²) in [6.45, 7) is 2.32. The maximum Gasteiger partial charge on any atom is 0.322 e. The molecule has 0 unspecified atom stereocenters. The lowest BCUT2D eigenvalue weighted by Gasteiger charge is -2.36. The van der Waals surface area contributed by atoms with Gasteiger partial charge in [0.25, 0.3) is 0 Å². The van der Waals surface area contributed by atoms with Crippen LogP contribution in [0, 0.1) is 11.6 Å². The number of anilines is 1. The summed E-state index contributed by atoms with van der Waals surface area (Å²) in [5.41, 5.74) is -1.05. The van der Waals surface area contributed by atoms with E-state index in [1.54, 1.807) is 6.92 Å². The molecular weight excluding hydrogens is 334 g/mol. The summed E-state index contributed by atoms with van der Waals surface area (Å²) in [4.78, 5) is 13.5. The zero-order valence-electron chi connectivity index (χ0n) is 10.9. The molecule has 20 heavy (non-hydrogen) atoms. The number of nitrogens with zero attached hydrogens (tertiary/aromatic N) is 1. The smallest absolute Gasteiger partial charge is 0.322 e. The molecule has 1 atom stereocenters. The van der Waals surface area contributed by atoms with Gasteiger partial charge >= 0.3 is 6.03 Å². The monoisotopic (exact) mass is 348 g/mol. The van der Waals surface area contributed by atoms with Gasteiger partial charge in [-0.1, -0.05) is 0 Å². The molecule has 1 aliphatic rings. The van der Waals surface area contributed by atoms with Crippen molar-refractivity contribution in [3.05, 3.63) is 28.2 Å². The zero-order chi connectivity index (χ0) is 14.9. The van der Waals surface area contributed by atoms with Crippen molar-refractivity contribution in [2.45, 2.75) is 25.4 Å². The Morgan fingerprint density at radius 3 is 2.80 bits per heavy atom. The topological polar surface area (TPSA) is 52.6 Å². The molecule has 0 bridgehead atoms. The molecule has 1 aromatic carbocycles. The third kappa shape index (κ3) is 3.46. The van der Waals surface area contributed by atoms with Crippen molar-refractivity contribution in [1.82, 2.24) is 4.90 Å². The number of aliphatic hydroxyl groups is 1. The lowest BCUT2D eigenvalue weighted by atomic mass is 9.95. The highest BCUT2D eigenvalue weighted by molar-refractivity contribution is 9.10. The summed E-state index contributed by atoms with van der Waals surface area (Å²) in [6.07, 6.45) is 1.29. The highest BCUT2D eigenvalue weighted by Gasteiger charge is 2.31. The highest BCUT2D eigenvalue weighted by atomic mass is 79.9. The lowest BCUT2D eigenvalue weighted by molar-refractivity contribution is -0.000642. The average molecular weight is 349 g/mol. The van der Waals surface area contributed by atoms with Crippen LogP contribution in [0.3, 0.4) is 0 Å². The molecule has 0 aliphatic carbocycles. The van der Waals surface area contributed by atoms with Crippen LogP contribution >= 0.6 is 15.9 Å². The number of rotatable bonds is 1. The standard InChI is InChI=1S/C13H15BrF2N2O2/c1-13(20)3-2-4-18(7-13)12(19)17-11-9(14)5-8(15)6-10(11)16/h5-6,20H,2-4,7H2,1H3,(H,17,19)/t13-/m1/s1. The molecule has 110 valence electrons. The Bertz CT molecular complexity index is 514. The van der Waals surface area contributed by atoms with E-state index < -0.39 is 23.3 Å². The van der Waals surface area contributed by atoms with E-state index in [0.29, 0.717) is 25.5 Å². The molecule has 1 aliphatic heterocycles. The third-order valence-electron chi connectivity index (χ3n) is 3.20. The molecule has 4 nitrogen and oxygen atoms in total. The maximum absolute atomic E-state index is 13.6. The fourth-order valence-electron chi connectivity index (χ4n) is 2.24. The Labute approximate surface area is 123 Å². The fraction of sp³-hybridized carbons (Fsp3) is 0.462. The molecular formula is C13H15BrF2N2O2. The number of β-amino-alcohol motifs (C(OH)–C–C–N with tert-alkyl or cyclic N) is 1. The van der Waals surface area contributed by atoms with Gasteiger partial charge in [-0.05, 0) is 41.8 Å². The number of hydrogen-bond acceptors (Lipinski definition) is 2. The van der Waals surface area contributed by atoms with Crippen LogP contribution in [0.5, 0.6) is 0 Å². The summed E-state index contributed by atoms with van der Waals surface area (Å²) in [7, 11) is 0. The number of halogens is 3. The van der Waals surface area contributed by atoms with Crippen LogP contribution in [0.4, 0.5) is 19.3 Å². The predicted molar refractivity (Wildman–Crippen MR) is 74.5 cm³/mol. The van der Waals surface area contributed by atoms with Gasteiger partial charge in [0, 0.05) is 17.1 Å². The normalized spacial score (nSPS) is 22.8. The second kappa shape index (κ2) is 5.65. The van der Waals surface area contributed by atoms with Gasteiger partial charge in [-0.2, -0.15) is 0 Å². The van der Waals surface area contributed by atoms with E-state index in [4.69, 9.17) is 0 Å². The summed E-state index contributed by atoms with van der Waals surface area (Å²) < 4.78 is 26.7. The van der Waals surface area contributed by atoms with E-state index in [9.17, 15) is 18.7 Å². The SMILES string of the molecule is C[C@@]1(O)CCCN(C(=O)Nc2c(F)cc(F)cc2Br)C1. The first-order valence-corrected chi connectivity index (χ1v) is 7.01. The van der Waals surface area contributed by atoms with Crippen LogP contribution in [0.2, 0.25) is 0 Å². The van der Waals surface area contributed by atoms with Crippen LogP contribution in [-0.4, -0.2) is 34.7 Å². The lowest BCUT2D eigenvalue weighted by Crippen LogP contribution is -2.50. The van der Waals surface area contributed by atoms with Crippen LogP contribution < -0.4 is 5.32 Å². The van der Waals surface area contributed by atoms with Crippen molar-refractivity contribution >= 4 is 27.6 Å². The van der Waals surface area contributed by atoms with Gasteiger partial charge in [-0.25, -0.2) is 13.6 Å². The second-order valence-corrected chi connectivity index (χ2v) is 6.05. The van der Waals surface area contributed by atoms with Crippen molar-refractivity contribution in [3.8, 4) is 0 Å². The molecule has 7 heteroatoms. The van der Waals surface area contributed by atoms with E-state index in [1.165, 1.54) is 4.90 Å². The largest absolute Gasteiger partial charge is 0.388 e. The van der Waals surface area contributed by atoms with Gasteiger partial charge in [-0.15, -0.1) is 0 Å². The molecule has 2 N–H and O–H groups in total. The van der Waals surface area contributed by atoms with Crippen molar-refractivity contribution in [3.63, 3.8) is 0 Å². The Morgan fingerprint density at radius 1 is 1.50 bits per heavy atom. The van der Waals surface area contributed by atoms with Gasteiger partial charge in [0.2, 0.25) is 0 Å². The van der Waals surface area contributed by atoms with Crippen molar-refractivity contribution in [2.75, 3.05) is 18.4 Å². The first-order valence-electron chi connectivity index (χ1n) is 6.21. The molecule has 1 fully saturated rings. The number of likely N-dealkylation sites (tertiary alicyclic amines) is 1. The number of carbonyl (C=O) groups excluding carboxylic acids is 1. The molecule has 0 saturated carbocycles. The first kappa shape index (κ1) is 15.2. The van der Waals surface area contributed by atoms with Crippen molar-refractivity contribution in [2.24, 2.45) is 0 Å². The second-order valence-electron chi connectivity index (χ2n) is 5.20. The number of piperidine rings is 1. The molecule has 0 spiro atoms. The average Bonchev–Trinajstić information content (AvgIpc) is 2.32.